The zero-order chi connectivity index (χ0) is 22.5. The highest BCUT2D eigenvalue weighted by molar-refractivity contribution is 9.10. The minimum atomic E-state index is -0.582. The Morgan fingerprint density at radius 3 is 2.22 bits per heavy atom. The monoisotopic (exact) mass is 493 g/mol. The fraction of sp³-hybridized carbons (Fsp3) is 0.200. The SMILES string of the molecule is COC(=O)[C@@H]1C[C@@H](c2ccccc2)N(C(=O)Nc2ccc(Br)cc2)N1Cc1ccccc1. The number of rotatable bonds is 5. The number of nitrogens with one attached hydrogen (secondary N) is 1. The quantitative estimate of drug-likeness (QED) is 0.484. The Hall–Kier alpha value is -3.16. The van der Waals surface area contributed by atoms with Gasteiger partial charge in [-0.25, -0.2) is 9.80 Å². The standard InChI is InChI=1S/C25H24BrN3O3/c1-32-24(30)23-16-22(19-10-6-3-7-11-19)29(28(23)17-18-8-4-2-5-9-18)25(31)27-21-14-12-20(26)13-15-21/h2-15,22-23H,16-17H2,1H3,(H,27,31)/t22-,23-/m0/s1. The maximum absolute atomic E-state index is 13.5. The van der Waals surface area contributed by atoms with E-state index < -0.39 is 6.04 Å². The predicted molar refractivity (Wildman–Crippen MR) is 127 cm³/mol. The zero-order valence-corrected chi connectivity index (χ0v) is 19.2. The Morgan fingerprint density at radius 1 is 0.969 bits per heavy atom. The molecule has 0 saturated carbocycles. The van der Waals surface area contributed by atoms with Gasteiger partial charge >= 0.3 is 12.0 Å². The maximum Gasteiger partial charge on any atom is 0.336 e. The molecule has 1 fully saturated rings. The topological polar surface area (TPSA) is 61.9 Å². The molecular weight excluding hydrogens is 470 g/mol. The van der Waals surface area contributed by atoms with Crippen molar-refractivity contribution < 1.29 is 14.3 Å². The third kappa shape index (κ3) is 4.84. The fourth-order valence-corrected chi connectivity index (χ4v) is 4.26. The van der Waals surface area contributed by atoms with Crippen molar-refractivity contribution in [1.29, 1.82) is 0 Å². The number of carbonyl (C=O) groups excluding carboxylic acids is 2. The number of ether oxygens (including phenoxy) is 1. The van der Waals surface area contributed by atoms with Gasteiger partial charge in [0, 0.05) is 23.1 Å². The third-order valence-corrected chi connectivity index (χ3v) is 6.06. The van der Waals surface area contributed by atoms with E-state index in [1.165, 1.54) is 7.11 Å². The van der Waals surface area contributed by atoms with E-state index in [1.54, 1.807) is 5.01 Å². The average molecular weight is 494 g/mol. The molecule has 7 heteroatoms. The van der Waals surface area contributed by atoms with Gasteiger partial charge in [-0.1, -0.05) is 76.6 Å². The summed E-state index contributed by atoms with van der Waals surface area (Å²) in [5, 5.41) is 6.45. The van der Waals surface area contributed by atoms with Gasteiger partial charge in [0.05, 0.1) is 13.2 Å². The molecule has 4 rings (SSSR count). The number of nitrogens with zero attached hydrogens (tertiary/aromatic N) is 2. The highest BCUT2D eigenvalue weighted by Crippen LogP contribution is 2.38. The number of amides is 2. The highest BCUT2D eigenvalue weighted by Gasteiger charge is 2.46. The Balaban J connectivity index is 1.71. The predicted octanol–water partition coefficient (Wildman–Crippen LogP) is 5.39. The van der Waals surface area contributed by atoms with E-state index in [2.05, 4.69) is 21.2 Å². The molecule has 1 heterocycles. The van der Waals surface area contributed by atoms with E-state index in [4.69, 9.17) is 4.74 Å². The molecule has 0 bridgehead atoms. The minimum Gasteiger partial charge on any atom is -0.468 e. The number of esters is 1. The molecule has 0 unspecified atom stereocenters. The molecule has 1 aliphatic heterocycles. The van der Waals surface area contributed by atoms with Gasteiger partial charge in [-0.15, -0.1) is 0 Å². The van der Waals surface area contributed by atoms with Crippen molar-refractivity contribution in [3.63, 3.8) is 0 Å². The van der Waals surface area contributed by atoms with E-state index in [0.29, 0.717) is 18.7 Å². The molecule has 2 amide bonds. The van der Waals surface area contributed by atoms with E-state index in [9.17, 15) is 9.59 Å². The molecule has 6 nitrogen and oxygen atoms in total. The van der Waals surface area contributed by atoms with Crippen LogP contribution in [0.4, 0.5) is 10.5 Å². The number of hydrazine groups is 1. The first-order chi connectivity index (χ1) is 15.6. The van der Waals surface area contributed by atoms with E-state index in [0.717, 1.165) is 15.6 Å². The lowest BCUT2D eigenvalue weighted by Crippen LogP contribution is -2.49. The van der Waals surface area contributed by atoms with Crippen LogP contribution in [0.2, 0.25) is 0 Å². The third-order valence-electron chi connectivity index (χ3n) is 5.53. The zero-order valence-electron chi connectivity index (χ0n) is 17.6. The second kappa shape index (κ2) is 9.97. The lowest BCUT2D eigenvalue weighted by molar-refractivity contribution is -0.149. The second-order valence-corrected chi connectivity index (χ2v) is 8.48. The summed E-state index contributed by atoms with van der Waals surface area (Å²) in [7, 11) is 1.38. The average Bonchev–Trinajstić information content (AvgIpc) is 3.20. The molecule has 0 radical (unpaired) electrons. The summed E-state index contributed by atoms with van der Waals surface area (Å²) in [6, 6.07) is 25.8. The van der Waals surface area contributed by atoms with Crippen LogP contribution in [0.1, 0.15) is 23.6 Å². The highest BCUT2D eigenvalue weighted by atomic mass is 79.9. The van der Waals surface area contributed by atoms with Gasteiger partial charge in [0.25, 0.3) is 0 Å². The number of methoxy groups -OCH3 is 1. The first kappa shape index (κ1) is 22.0. The van der Waals surface area contributed by atoms with Crippen molar-refractivity contribution in [2.75, 3.05) is 12.4 Å². The normalized spacial score (nSPS) is 18.4. The van der Waals surface area contributed by atoms with Crippen LogP contribution in [0.5, 0.6) is 0 Å². The van der Waals surface area contributed by atoms with Crippen molar-refractivity contribution in [2.24, 2.45) is 0 Å². The fourth-order valence-electron chi connectivity index (χ4n) is 4.00. The Labute approximate surface area is 195 Å². The Kier molecular flexibility index (Phi) is 6.87. The lowest BCUT2D eigenvalue weighted by atomic mass is 10.0. The van der Waals surface area contributed by atoms with Crippen LogP contribution in [0, 0.1) is 0 Å². The lowest BCUT2D eigenvalue weighted by Gasteiger charge is -2.34. The van der Waals surface area contributed by atoms with Crippen LogP contribution in [0.25, 0.3) is 0 Å². The maximum atomic E-state index is 13.5. The summed E-state index contributed by atoms with van der Waals surface area (Å²) in [6.45, 7) is 0.400. The summed E-state index contributed by atoms with van der Waals surface area (Å²) < 4.78 is 6.03. The first-order valence-corrected chi connectivity index (χ1v) is 11.1. The summed E-state index contributed by atoms with van der Waals surface area (Å²) >= 11 is 3.41. The van der Waals surface area contributed by atoms with Gasteiger partial charge in [0.15, 0.2) is 0 Å². The van der Waals surface area contributed by atoms with E-state index in [1.807, 2.05) is 89.9 Å². The van der Waals surface area contributed by atoms with Gasteiger partial charge in [-0.2, -0.15) is 5.01 Å². The molecule has 0 aromatic heterocycles. The number of carbonyl (C=O) groups is 2. The number of halogens is 1. The molecule has 2 atom stereocenters. The smallest absolute Gasteiger partial charge is 0.336 e. The minimum absolute atomic E-state index is 0.302. The number of urea groups is 1. The molecule has 1 saturated heterocycles. The van der Waals surface area contributed by atoms with Crippen molar-refractivity contribution in [3.8, 4) is 0 Å². The van der Waals surface area contributed by atoms with Crippen LogP contribution in [-0.4, -0.2) is 35.2 Å². The van der Waals surface area contributed by atoms with Crippen LogP contribution in [0.3, 0.4) is 0 Å². The molecule has 164 valence electrons. The molecule has 1 aliphatic rings. The second-order valence-electron chi connectivity index (χ2n) is 7.57. The van der Waals surface area contributed by atoms with Crippen molar-refractivity contribution >= 4 is 33.6 Å². The Morgan fingerprint density at radius 2 is 1.59 bits per heavy atom. The molecule has 3 aromatic rings. The summed E-state index contributed by atoms with van der Waals surface area (Å²) in [5.41, 5.74) is 2.63. The van der Waals surface area contributed by atoms with Gasteiger partial charge in [-0.3, -0.25) is 4.79 Å². The first-order valence-electron chi connectivity index (χ1n) is 10.4. The summed E-state index contributed by atoms with van der Waals surface area (Å²) in [6.07, 6.45) is 0.442. The Bertz CT molecular complexity index is 1060. The molecule has 0 aliphatic carbocycles. The molecule has 0 spiro atoms. The molecule has 1 N–H and O–H groups in total. The van der Waals surface area contributed by atoms with Crippen molar-refractivity contribution in [1.82, 2.24) is 10.0 Å². The molecule has 3 aromatic carbocycles. The van der Waals surface area contributed by atoms with E-state index in [-0.39, 0.29) is 18.0 Å². The number of hydrogen-bond donors (Lipinski definition) is 1. The number of benzene rings is 3. The van der Waals surface area contributed by atoms with Crippen molar-refractivity contribution in [3.05, 3.63) is 101 Å². The number of anilines is 1. The van der Waals surface area contributed by atoms with Crippen LogP contribution in [-0.2, 0) is 16.1 Å². The van der Waals surface area contributed by atoms with Gasteiger partial charge in [0.1, 0.15) is 6.04 Å². The van der Waals surface area contributed by atoms with Crippen LogP contribution < -0.4 is 5.32 Å². The summed E-state index contributed by atoms with van der Waals surface area (Å²) in [5.74, 6) is -0.360. The molecule has 32 heavy (non-hydrogen) atoms. The van der Waals surface area contributed by atoms with E-state index >= 15 is 0 Å². The van der Waals surface area contributed by atoms with Crippen molar-refractivity contribution in [2.45, 2.75) is 25.0 Å². The molecular formula is C25H24BrN3O3. The van der Waals surface area contributed by atoms with Gasteiger partial charge in [0.2, 0.25) is 0 Å². The summed E-state index contributed by atoms with van der Waals surface area (Å²) in [4.78, 5) is 26.3. The van der Waals surface area contributed by atoms with Crippen LogP contribution in [0.15, 0.2) is 89.4 Å². The largest absolute Gasteiger partial charge is 0.468 e. The van der Waals surface area contributed by atoms with Gasteiger partial charge < -0.3 is 10.1 Å². The van der Waals surface area contributed by atoms with Gasteiger partial charge in [-0.05, 0) is 35.4 Å². The number of hydrogen-bond acceptors (Lipinski definition) is 4. The van der Waals surface area contributed by atoms with Crippen LogP contribution >= 0.6 is 15.9 Å².